The summed E-state index contributed by atoms with van der Waals surface area (Å²) in [5.74, 6) is 1.02. The first-order valence-corrected chi connectivity index (χ1v) is 9.42. The first kappa shape index (κ1) is 17.5. The van der Waals surface area contributed by atoms with Crippen LogP contribution >= 0.6 is 0 Å². The van der Waals surface area contributed by atoms with Gasteiger partial charge in [0.2, 0.25) is 0 Å². The number of carbonyl (C=O) groups excluding carboxylic acids is 1. The number of hydrogen-bond donors (Lipinski definition) is 0. The largest absolute Gasteiger partial charge is 0.467 e. The van der Waals surface area contributed by atoms with E-state index in [4.69, 9.17) is 4.42 Å². The molecule has 1 saturated heterocycles. The first-order valence-electron chi connectivity index (χ1n) is 9.42. The summed E-state index contributed by atoms with van der Waals surface area (Å²) in [5.41, 5.74) is 4.10. The van der Waals surface area contributed by atoms with Crippen molar-refractivity contribution in [2.24, 2.45) is 0 Å². The molecule has 1 amide bonds. The zero-order valence-corrected chi connectivity index (χ0v) is 15.9. The Morgan fingerprint density at radius 1 is 1.00 bits per heavy atom. The third-order valence-electron chi connectivity index (χ3n) is 5.39. The summed E-state index contributed by atoms with van der Waals surface area (Å²) in [7, 11) is 0. The van der Waals surface area contributed by atoms with Gasteiger partial charge in [-0.3, -0.25) is 4.79 Å². The van der Waals surface area contributed by atoms with E-state index in [1.807, 2.05) is 43.0 Å². The van der Waals surface area contributed by atoms with Crippen molar-refractivity contribution in [3.8, 4) is 0 Å². The molecule has 1 aromatic carbocycles. The Kier molecular flexibility index (Phi) is 4.75. The van der Waals surface area contributed by atoms with Crippen LogP contribution in [-0.4, -0.2) is 41.6 Å². The van der Waals surface area contributed by atoms with E-state index in [0.29, 0.717) is 6.54 Å². The predicted molar refractivity (Wildman–Crippen MR) is 106 cm³/mol. The Balaban J connectivity index is 1.46. The number of nitrogens with zero attached hydrogens (tertiary/aromatic N) is 3. The summed E-state index contributed by atoms with van der Waals surface area (Å²) < 4.78 is 7.61. The van der Waals surface area contributed by atoms with E-state index in [-0.39, 0.29) is 5.91 Å². The van der Waals surface area contributed by atoms with Crippen molar-refractivity contribution >= 4 is 11.6 Å². The van der Waals surface area contributed by atoms with E-state index in [9.17, 15) is 4.79 Å². The van der Waals surface area contributed by atoms with E-state index in [2.05, 4.69) is 33.7 Å². The smallest absolute Gasteiger partial charge is 0.255 e. The molecular formula is C22H25N3O2. The quantitative estimate of drug-likeness (QED) is 0.710. The van der Waals surface area contributed by atoms with Crippen LogP contribution in [0.15, 0.2) is 59.2 Å². The van der Waals surface area contributed by atoms with E-state index in [1.165, 1.54) is 5.69 Å². The highest BCUT2D eigenvalue weighted by Gasteiger charge is 2.25. The normalized spacial score (nSPS) is 14.6. The minimum atomic E-state index is 0.126. The standard InChI is InChI=1S/C22H25N3O2/c1-17-15-21(18(2)25(17)16-20-9-6-14-27-20)22(26)24-12-10-23(11-13-24)19-7-4-3-5-8-19/h3-9,14-15H,10-13,16H2,1-2H3. The lowest BCUT2D eigenvalue weighted by atomic mass is 10.2. The summed E-state index contributed by atoms with van der Waals surface area (Å²) >= 11 is 0. The highest BCUT2D eigenvalue weighted by molar-refractivity contribution is 5.96. The molecule has 5 heteroatoms. The molecule has 1 aliphatic rings. The predicted octanol–water partition coefficient (Wildman–Crippen LogP) is 3.71. The van der Waals surface area contributed by atoms with Crippen LogP contribution < -0.4 is 4.90 Å². The van der Waals surface area contributed by atoms with Gasteiger partial charge in [0.1, 0.15) is 5.76 Å². The van der Waals surface area contributed by atoms with Gasteiger partial charge in [0, 0.05) is 43.3 Å². The number of rotatable bonds is 4. The minimum Gasteiger partial charge on any atom is -0.467 e. The van der Waals surface area contributed by atoms with E-state index < -0.39 is 0 Å². The zero-order chi connectivity index (χ0) is 18.8. The number of aromatic nitrogens is 1. The number of anilines is 1. The molecule has 0 spiro atoms. The van der Waals surface area contributed by atoms with Gasteiger partial charge in [-0.15, -0.1) is 0 Å². The van der Waals surface area contributed by atoms with Crippen LogP contribution in [0.2, 0.25) is 0 Å². The number of amides is 1. The lowest BCUT2D eigenvalue weighted by Crippen LogP contribution is -2.48. The summed E-state index contributed by atoms with van der Waals surface area (Å²) in [4.78, 5) is 17.4. The lowest BCUT2D eigenvalue weighted by molar-refractivity contribution is 0.0746. The summed E-state index contributed by atoms with van der Waals surface area (Å²) in [5, 5.41) is 0. The molecular weight excluding hydrogens is 338 g/mol. The Hall–Kier alpha value is -2.95. The summed E-state index contributed by atoms with van der Waals surface area (Å²) in [6.07, 6.45) is 1.68. The molecule has 3 aromatic rings. The second-order valence-electron chi connectivity index (χ2n) is 7.07. The highest BCUT2D eigenvalue weighted by Crippen LogP contribution is 2.21. The molecule has 0 unspecified atom stereocenters. The van der Waals surface area contributed by atoms with Gasteiger partial charge in [-0.1, -0.05) is 18.2 Å². The van der Waals surface area contributed by atoms with Gasteiger partial charge in [-0.05, 0) is 44.2 Å². The van der Waals surface area contributed by atoms with Gasteiger partial charge in [0.05, 0.1) is 18.4 Å². The third kappa shape index (κ3) is 3.50. The first-order chi connectivity index (χ1) is 13.1. The average Bonchev–Trinajstić information content (AvgIpc) is 3.32. The highest BCUT2D eigenvalue weighted by atomic mass is 16.3. The number of para-hydroxylation sites is 1. The zero-order valence-electron chi connectivity index (χ0n) is 15.9. The van der Waals surface area contributed by atoms with Gasteiger partial charge in [0.25, 0.3) is 5.91 Å². The minimum absolute atomic E-state index is 0.126. The molecule has 4 rings (SSSR count). The fourth-order valence-corrected chi connectivity index (χ4v) is 3.80. The molecule has 1 fully saturated rings. The SMILES string of the molecule is Cc1cc(C(=O)N2CCN(c3ccccc3)CC2)c(C)n1Cc1ccco1. The molecule has 140 valence electrons. The Morgan fingerprint density at radius 3 is 2.41 bits per heavy atom. The van der Waals surface area contributed by atoms with Crippen LogP contribution in [0.25, 0.3) is 0 Å². The molecule has 3 heterocycles. The molecule has 27 heavy (non-hydrogen) atoms. The van der Waals surface area contributed by atoms with Crippen molar-refractivity contribution in [2.75, 3.05) is 31.1 Å². The van der Waals surface area contributed by atoms with Crippen molar-refractivity contribution in [1.82, 2.24) is 9.47 Å². The van der Waals surface area contributed by atoms with Gasteiger partial charge >= 0.3 is 0 Å². The van der Waals surface area contributed by atoms with Crippen molar-refractivity contribution < 1.29 is 9.21 Å². The molecule has 1 aliphatic heterocycles. The van der Waals surface area contributed by atoms with Crippen molar-refractivity contribution in [3.63, 3.8) is 0 Å². The van der Waals surface area contributed by atoms with Gasteiger partial charge < -0.3 is 18.8 Å². The van der Waals surface area contributed by atoms with Crippen LogP contribution in [-0.2, 0) is 6.54 Å². The third-order valence-corrected chi connectivity index (χ3v) is 5.39. The number of piperazine rings is 1. The van der Waals surface area contributed by atoms with Gasteiger partial charge in [0.15, 0.2) is 0 Å². The average molecular weight is 363 g/mol. The van der Waals surface area contributed by atoms with E-state index in [1.54, 1.807) is 6.26 Å². The number of carbonyl (C=O) groups is 1. The number of benzene rings is 1. The van der Waals surface area contributed by atoms with Crippen molar-refractivity contribution in [3.05, 3.63) is 77.5 Å². The second kappa shape index (κ2) is 7.35. The van der Waals surface area contributed by atoms with Crippen LogP contribution in [0.1, 0.15) is 27.5 Å². The topological polar surface area (TPSA) is 41.6 Å². The van der Waals surface area contributed by atoms with Crippen LogP contribution in [0.3, 0.4) is 0 Å². The molecule has 2 aromatic heterocycles. The molecule has 0 saturated carbocycles. The van der Waals surface area contributed by atoms with Crippen LogP contribution in [0, 0.1) is 13.8 Å². The lowest BCUT2D eigenvalue weighted by Gasteiger charge is -2.36. The maximum Gasteiger partial charge on any atom is 0.255 e. The Bertz CT molecular complexity index is 905. The number of hydrogen-bond acceptors (Lipinski definition) is 3. The van der Waals surface area contributed by atoms with Gasteiger partial charge in [-0.2, -0.15) is 0 Å². The number of furan rings is 1. The molecule has 0 bridgehead atoms. The maximum atomic E-state index is 13.1. The summed E-state index contributed by atoms with van der Waals surface area (Å²) in [6.45, 7) is 7.93. The molecule has 0 aliphatic carbocycles. The van der Waals surface area contributed by atoms with E-state index in [0.717, 1.165) is 48.9 Å². The molecule has 0 atom stereocenters. The Labute approximate surface area is 159 Å². The van der Waals surface area contributed by atoms with Gasteiger partial charge in [-0.25, -0.2) is 0 Å². The molecule has 0 radical (unpaired) electrons. The molecule has 5 nitrogen and oxygen atoms in total. The fourth-order valence-electron chi connectivity index (χ4n) is 3.80. The van der Waals surface area contributed by atoms with E-state index >= 15 is 0 Å². The monoisotopic (exact) mass is 363 g/mol. The number of aryl methyl sites for hydroxylation is 1. The second-order valence-corrected chi connectivity index (χ2v) is 7.07. The van der Waals surface area contributed by atoms with Crippen molar-refractivity contribution in [2.45, 2.75) is 20.4 Å². The Morgan fingerprint density at radius 2 is 1.74 bits per heavy atom. The van der Waals surface area contributed by atoms with Crippen molar-refractivity contribution in [1.29, 1.82) is 0 Å². The molecule has 0 N–H and O–H groups in total. The maximum absolute atomic E-state index is 13.1. The fraction of sp³-hybridized carbons (Fsp3) is 0.318. The summed E-state index contributed by atoms with van der Waals surface area (Å²) in [6, 6.07) is 16.2. The van der Waals surface area contributed by atoms with Crippen LogP contribution in [0.5, 0.6) is 0 Å². The van der Waals surface area contributed by atoms with Crippen LogP contribution in [0.4, 0.5) is 5.69 Å².